The minimum atomic E-state index is 0.781. The summed E-state index contributed by atoms with van der Waals surface area (Å²) in [5, 5.41) is 3.23. The quantitative estimate of drug-likeness (QED) is 0.704. The van der Waals surface area contributed by atoms with Crippen molar-refractivity contribution in [3.63, 3.8) is 0 Å². The average Bonchev–Trinajstić information content (AvgIpc) is 2.43. The number of hydrogen-bond donors (Lipinski definition) is 1. The molecule has 90 valence electrons. The molecule has 2 atom stereocenters. The topological polar surface area (TPSA) is 15.3 Å². The van der Waals surface area contributed by atoms with Crippen molar-refractivity contribution in [3.8, 4) is 0 Å². The van der Waals surface area contributed by atoms with E-state index in [2.05, 4.69) is 24.1 Å². The van der Waals surface area contributed by atoms with Crippen molar-refractivity contribution in [1.29, 1.82) is 0 Å². The Kier molecular flexibility index (Phi) is 6.26. The van der Waals surface area contributed by atoms with Crippen LogP contribution in [0.25, 0.3) is 0 Å². The fraction of sp³-hybridized carbons (Fsp3) is 1.00. The highest BCUT2D eigenvalue weighted by atomic mass is 15.1. The molecule has 2 nitrogen and oxygen atoms in total. The van der Waals surface area contributed by atoms with Gasteiger partial charge in [0, 0.05) is 6.04 Å². The van der Waals surface area contributed by atoms with Crippen LogP contribution in [0.1, 0.15) is 46.0 Å². The van der Waals surface area contributed by atoms with Crippen LogP contribution in [-0.2, 0) is 0 Å². The van der Waals surface area contributed by atoms with E-state index in [-0.39, 0.29) is 0 Å². The van der Waals surface area contributed by atoms with Gasteiger partial charge in [-0.2, -0.15) is 0 Å². The highest BCUT2D eigenvalue weighted by molar-refractivity contribution is 4.72. The van der Waals surface area contributed by atoms with Crippen LogP contribution in [0.5, 0.6) is 0 Å². The number of hydrogen-bond acceptors (Lipinski definition) is 2. The summed E-state index contributed by atoms with van der Waals surface area (Å²) in [6.07, 6.45) is 6.88. The number of likely N-dealkylation sites (tertiary alicyclic amines) is 1. The molecule has 1 N–H and O–H groups in total. The molecule has 0 amide bonds. The summed E-state index contributed by atoms with van der Waals surface area (Å²) in [6.45, 7) is 8.60. The van der Waals surface area contributed by atoms with Gasteiger partial charge >= 0.3 is 0 Å². The zero-order chi connectivity index (χ0) is 11.1. The fourth-order valence-corrected chi connectivity index (χ4v) is 2.48. The molecule has 1 rings (SSSR count). The van der Waals surface area contributed by atoms with Gasteiger partial charge in [0.15, 0.2) is 0 Å². The van der Waals surface area contributed by atoms with Gasteiger partial charge in [-0.25, -0.2) is 0 Å². The summed E-state index contributed by atoms with van der Waals surface area (Å²) >= 11 is 0. The summed E-state index contributed by atoms with van der Waals surface area (Å²) in [6, 6.07) is 0.781. The first-order valence-electron chi connectivity index (χ1n) is 6.62. The van der Waals surface area contributed by atoms with Gasteiger partial charge < -0.3 is 10.2 Å². The van der Waals surface area contributed by atoms with Crippen LogP contribution >= 0.6 is 0 Å². The van der Waals surface area contributed by atoms with Crippen molar-refractivity contribution in [2.45, 2.75) is 52.0 Å². The van der Waals surface area contributed by atoms with Crippen molar-refractivity contribution < 1.29 is 0 Å². The van der Waals surface area contributed by atoms with Gasteiger partial charge in [0.2, 0.25) is 0 Å². The number of nitrogens with zero attached hydrogens (tertiary/aromatic N) is 1. The third kappa shape index (κ3) is 4.98. The Bertz CT molecular complexity index is 159. The van der Waals surface area contributed by atoms with Gasteiger partial charge in [0.25, 0.3) is 0 Å². The van der Waals surface area contributed by atoms with Crippen LogP contribution < -0.4 is 5.32 Å². The number of nitrogens with one attached hydrogen (secondary N) is 1. The van der Waals surface area contributed by atoms with Crippen LogP contribution in [0.15, 0.2) is 0 Å². The minimum Gasteiger partial charge on any atom is -0.320 e. The molecule has 1 saturated heterocycles. The predicted octanol–water partition coefficient (Wildman–Crippen LogP) is 2.50. The second kappa shape index (κ2) is 7.24. The van der Waals surface area contributed by atoms with E-state index in [0.29, 0.717) is 0 Å². The molecule has 0 saturated carbocycles. The first kappa shape index (κ1) is 13.0. The first-order valence-corrected chi connectivity index (χ1v) is 6.62. The van der Waals surface area contributed by atoms with Crippen LogP contribution in [0, 0.1) is 5.92 Å². The van der Waals surface area contributed by atoms with Crippen molar-refractivity contribution in [2.75, 3.05) is 26.7 Å². The Labute approximate surface area is 95.4 Å². The van der Waals surface area contributed by atoms with E-state index in [1.54, 1.807) is 0 Å². The molecule has 0 aromatic heterocycles. The lowest BCUT2D eigenvalue weighted by atomic mass is 10.0. The maximum atomic E-state index is 3.23. The van der Waals surface area contributed by atoms with Crippen LogP contribution in [0.4, 0.5) is 0 Å². The van der Waals surface area contributed by atoms with E-state index in [1.165, 1.54) is 45.2 Å². The summed E-state index contributed by atoms with van der Waals surface area (Å²) in [5.74, 6) is 0.944. The molecule has 15 heavy (non-hydrogen) atoms. The van der Waals surface area contributed by atoms with E-state index < -0.39 is 0 Å². The zero-order valence-corrected chi connectivity index (χ0v) is 10.8. The first-order chi connectivity index (χ1) is 7.24. The van der Waals surface area contributed by atoms with Crippen molar-refractivity contribution >= 4 is 0 Å². The minimum absolute atomic E-state index is 0.781. The third-order valence-electron chi connectivity index (χ3n) is 3.72. The number of rotatable bonds is 5. The molecule has 1 fully saturated rings. The summed E-state index contributed by atoms with van der Waals surface area (Å²) < 4.78 is 0. The second-order valence-electron chi connectivity index (χ2n) is 5.17. The van der Waals surface area contributed by atoms with Gasteiger partial charge in [-0.1, -0.05) is 6.92 Å². The SMILES string of the molecule is CNCCCC(C)N1CCCC(C)CC1. The molecule has 2 unspecified atom stereocenters. The third-order valence-corrected chi connectivity index (χ3v) is 3.72. The average molecular weight is 212 g/mol. The summed E-state index contributed by atoms with van der Waals surface area (Å²) in [4.78, 5) is 2.69. The van der Waals surface area contributed by atoms with E-state index in [0.717, 1.165) is 18.5 Å². The zero-order valence-electron chi connectivity index (χ0n) is 10.8. The standard InChI is InChI=1S/C13H28N2/c1-12-6-5-10-15(11-8-12)13(2)7-4-9-14-3/h12-14H,4-11H2,1-3H3. The van der Waals surface area contributed by atoms with Crippen molar-refractivity contribution in [2.24, 2.45) is 5.92 Å². The van der Waals surface area contributed by atoms with Crippen molar-refractivity contribution in [3.05, 3.63) is 0 Å². The van der Waals surface area contributed by atoms with E-state index in [9.17, 15) is 0 Å². The Morgan fingerprint density at radius 3 is 2.87 bits per heavy atom. The van der Waals surface area contributed by atoms with Crippen molar-refractivity contribution in [1.82, 2.24) is 10.2 Å². The second-order valence-corrected chi connectivity index (χ2v) is 5.17. The maximum Gasteiger partial charge on any atom is 0.00674 e. The molecule has 1 aliphatic rings. The lowest BCUT2D eigenvalue weighted by molar-refractivity contribution is 0.203. The Balaban J connectivity index is 2.22. The van der Waals surface area contributed by atoms with Crippen LogP contribution in [0.2, 0.25) is 0 Å². The summed E-state index contributed by atoms with van der Waals surface area (Å²) in [7, 11) is 2.04. The Morgan fingerprint density at radius 1 is 1.33 bits per heavy atom. The largest absolute Gasteiger partial charge is 0.320 e. The van der Waals surface area contributed by atoms with Gasteiger partial charge in [-0.3, -0.25) is 0 Å². The molecule has 1 aliphatic heterocycles. The van der Waals surface area contributed by atoms with Crippen LogP contribution in [-0.4, -0.2) is 37.6 Å². The fourth-order valence-electron chi connectivity index (χ4n) is 2.48. The lowest BCUT2D eigenvalue weighted by Crippen LogP contribution is -2.34. The predicted molar refractivity (Wildman–Crippen MR) is 67.2 cm³/mol. The molecular weight excluding hydrogens is 184 g/mol. The van der Waals surface area contributed by atoms with Gasteiger partial charge in [-0.15, -0.1) is 0 Å². The molecule has 0 bridgehead atoms. The summed E-state index contributed by atoms with van der Waals surface area (Å²) in [5.41, 5.74) is 0. The Morgan fingerprint density at radius 2 is 2.13 bits per heavy atom. The molecule has 1 heterocycles. The van der Waals surface area contributed by atoms with E-state index in [4.69, 9.17) is 0 Å². The van der Waals surface area contributed by atoms with Gasteiger partial charge in [0.05, 0.1) is 0 Å². The lowest BCUT2D eigenvalue weighted by Gasteiger charge is -2.27. The normalized spacial score (nSPS) is 26.2. The molecule has 0 aliphatic carbocycles. The van der Waals surface area contributed by atoms with E-state index in [1.807, 2.05) is 7.05 Å². The van der Waals surface area contributed by atoms with Gasteiger partial charge in [-0.05, 0) is 71.6 Å². The van der Waals surface area contributed by atoms with Gasteiger partial charge in [0.1, 0.15) is 0 Å². The molecular formula is C13H28N2. The molecule has 2 heteroatoms. The van der Waals surface area contributed by atoms with Crippen LogP contribution in [0.3, 0.4) is 0 Å². The highest BCUT2D eigenvalue weighted by Gasteiger charge is 2.17. The molecule has 0 spiro atoms. The highest BCUT2D eigenvalue weighted by Crippen LogP contribution is 2.19. The Hall–Kier alpha value is -0.0800. The monoisotopic (exact) mass is 212 g/mol. The molecule has 0 aromatic rings. The van der Waals surface area contributed by atoms with E-state index >= 15 is 0 Å². The molecule has 0 aromatic carbocycles. The maximum absolute atomic E-state index is 3.23. The molecule has 0 radical (unpaired) electrons. The smallest absolute Gasteiger partial charge is 0.00674 e.